The molecule has 0 bridgehead atoms. The van der Waals surface area contributed by atoms with E-state index in [-0.39, 0.29) is 11.7 Å². The van der Waals surface area contributed by atoms with Gasteiger partial charge in [0.1, 0.15) is 17.3 Å². The van der Waals surface area contributed by atoms with E-state index in [1.54, 1.807) is 47.4 Å². The Labute approximate surface area is 185 Å². The van der Waals surface area contributed by atoms with Crippen LogP contribution < -0.4 is 10.1 Å². The number of ether oxygens (including phenoxy) is 1. The standard InChI is InChI=1S/C24H24FN5O2/c1-3-32-21-7-5-4-6-19(21)24(31)27-13-15-30-22(23-26-12-14-29(23)2)20(16-28-30)17-8-10-18(25)11-9-17/h4-12,14,16H,3,13,15H2,1-2H3,(H,27,31). The van der Waals surface area contributed by atoms with Gasteiger partial charge in [0.05, 0.1) is 24.9 Å². The summed E-state index contributed by atoms with van der Waals surface area (Å²) in [5.41, 5.74) is 2.97. The third-order valence-electron chi connectivity index (χ3n) is 5.07. The minimum absolute atomic E-state index is 0.210. The Kier molecular flexibility index (Phi) is 6.30. The summed E-state index contributed by atoms with van der Waals surface area (Å²) in [6.07, 6.45) is 5.31. The number of benzene rings is 2. The number of carbonyl (C=O) groups is 1. The van der Waals surface area contributed by atoms with Crippen LogP contribution in [0.15, 0.2) is 67.1 Å². The summed E-state index contributed by atoms with van der Waals surface area (Å²) in [5, 5.41) is 7.46. The summed E-state index contributed by atoms with van der Waals surface area (Å²) in [6.45, 7) is 3.16. The molecule has 0 saturated heterocycles. The van der Waals surface area contributed by atoms with Gasteiger partial charge in [-0.1, -0.05) is 24.3 Å². The molecule has 0 unspecified atom stereocenters. The average molecular weight is 433 g/mol. The molecule has 32 heavy (non-hydrogen) atoms. The predicted octanol–water partition coefficient (Wildman–Crippen LogP) is 3.92. The van der Waals surface area contributed by atoms with Gasteiger partial charge in [0.15, 0.2) is 5.82 Å². The van der Waals surface area contributed by atoms with Gasteiger partial charge >= 0.3 is 0 Å². The van der Waals surface area contributed by atoms with Crippen LogP contribution in [0.4, 0.5) is 4.39 Å². The Morgan fingerprint density at radius 3 is 2.66 bits per heavy atom. The second kappa shape index (κ2) is 9.47. The Bertz CT molecular complexity index is 1210. The first kappa shape index (κ1) is 21.3. The summed E-state index contributed by atoms with van der Waals surface area (Å²) in [6, 6.07) is 13.4. The SMILES string of the molecule is CCOc1ccccc1C(=O)NCCn1ncc(-c2ccc(F)cc2)c1-c1nccn1C. The van der Waals surface area contributed by atoms with Gasteiger partial charge < -0.3 is 14.6 Å². The van der Waals surface area contributed by atoms with E-state index in [4.69, 9.17) is 4.74 Å². The van der Waals surface area contributed by atoms with Gasteiger partial charge in [0, 0.05) is 31.5 Å². The first-order chi connectivity index (χ1) is 15.6. The van der Waals surface area contributed by atoms with Crippen LogP contribution in [0.25, 0.3) is 22.6 Å². The molecule has 2 aromatic heterocycles. The van der Waals surface area contributed by atoms with Crippen LogP contribution in [0.5, 0.6) is 5.75 Å². The van der Waals surface area contributed by atoms with E-state index in [2.05, 4.69) is 15.4 Å². The van der Waals surface area contributed by atoms with Gasteiger partial charge in [-0.3, -0.25) is 9.48 Å². The van der Waals surface area contributed by atoms with Crippen LogP contribution in [-0.2, 0) is 13.6 Å². The number of imidazole rings is 1. The summed E-state index contributed by atoms with van der Waals surface area (Å²) in [7, 11) is 1.90. The van der Waals surface area contributed by atoms with Crippen LogP contribution in [-0.4, -0.2) is 38.4 Å². The second-order valence-corrected chi connectivity index (χ2v) is 7.18. The van der Waals surface area contributed by atoms with Crippen molar-refractivity contribution in [2.75, 3.05) is 13.2 Å². The van der Waals surface area contributed by atoms with Crippen LogP contribution in [0.2, 0.25) is 0 Å². The van der Waals surface area contributed by atoms with Crippen LogP contribution >= 0.6 is 0 Å². The zero-order chi connectivity index (χ0) is 22.5. The largest absolute Gasteiger partial charge is 0.493 e. The van der Waals surface area contributed by atoms with Crippen molar-refractivity contribution in [1.29, 1.82) is 0 Å². The van der Waals surface area contributed by atoms with Crippen molar-refractivity contribution in [3.63, 3.8) is 0 Å². The van der Waals surface area contributed by atoms with Crippen molar-refractivity contribution in [2.24, 2.45) is 7.05 Å². The molecule has 0 fully saturated rings. The highest BCUT2D eigenvalue weighted by Crippen LogP contribution is 2.31. The molecule has 0 aliphatic carbocycles. The van der Waals surface area contributed by atoms with Crippen molar-refractivity contribution in [3.05, 3.63) is 78.5 Å². The number of amides is 1. The number of nitrogens with one attached hydrogen (secondary N) is 1. The monoisotopic (exact) mass is 433 g/mol. The highest BCUT2D eigenvalue weighted by molar-refractivity contribution is 5.96. The molecule has 164 valence electrons. The molecule has 4 rings (SSSR count). The fraction of sp³-hybridized carbons (Fsp3) is 0.208. The maximum Gasteiger partial charge on any atom is 0.255 e. The molecular formula is C24H24FN5O2. The second-order valence-electron chi connectivity index (χ2n) is 7.18. The lowest BCUT2D eigenvalue weighted by Gasteiger charge is -2.12. The molecule has 7 nitrogen and oxygen atoms in total. The number of carbonyl (C=O) groups excluding carboxylic acids is 1. The van der Waals surface area contributed by atoms with E-state index in [0.29, 0.717) is 31.0 Å². The molecule has 0 saturated carbocycles. The van der Waals surface area contributed by atoms with Gasteiger partial charge in [-0.15, -0.1) is 0 Å². The van der Waals surface area contributed by atoms with Gasteiger partial charge in [-0.25, -0.2) is 9.37 Å². The minimum atomic E-state index is -0.297. The number of nitrogens with zero attached hydrogens (tertiary/aromatic N) is 4. The number of aryl methyl sites for hydroxylation is 1. The summed E-state index contributed by atoms with van der Waals surface area (Å²) >= 11 is 0. The van der Waals surface area contributed by atoms with E-state index >= 15 is 0 Å². The zero-order valence-corrected chi connectivity index (χ0v) is 18.0. The number of aromatic nitrogens is 4. The third-order valence-corrected chi connectivity index (χ3v) is 5.07. The molecule has 0 aliphatic heterocycles. The Morgan fingerprint density at radius 2 is 1.94 bits per heavy atom. The van der Waals surface area contributed by atoms with Gasteiger partial charge in [-0.2, -0.15) is 5.10 Å². The summed E-state index contributed by atoms with van der Waals surface area (Å²) in [5.74, 6) is 0.780. The lowest BCUT2D eigenvalue weighted by molar-refractivity contribution is 0.0948. The number of hydrogen-bond donors (Lipinski definition) is 1. The van der Waals surface area contributed by atoms with E-state index < -0.39 is 0 Å². The molecule has 0 radical (unpaired) electrons. The molecule has 2 aromatic carbocycles. The summed E-state index contributed by atoms with van der Waals surface area (Å²) in [4.78, 5) is 17.2. The maximum atomic E-state index is 13.4. The predicted molar refractivity (Wildman–Crippen MR) is 120 cm³/mol. The number of para-hydroxylation sites is 1. The molecule has 8 heteroatoms. The van der Waals surface area contributed by atoms with Crippen molar-refractivity contribution < 1.29 is 13.9 Å². The normalized spacial score (nSPS) is 10.8. The Balaban J connectivity index is 1.56. The van der Waals surface area contributed by atoms with Gasteiger partial charge in [0.2, 0.25) is 0 Å². The third kappa shape index (κ3) is 4.39. The van der Waals surface area contributed by atoms with Crippen molar-refractivity contribution in [1.82, 2.24) is 24.6 Å². The molecule has 1 amide bonds. The minimum Gasteiger partial charge on any atom is -0.493 e. The first-order valence-corrected chi connectivity index (χ1v) is 10.4. The molecule has 0 atom stereocenters. The summed E-state index contributed by atoms with van der Waals surface area (Å²) < 4.78 is 22.7. The molecule has 0 spiro atoms. The van der Waals surface area contributed by atoms with Gasteiger partial charge in [0.25, 0.3) is 5.91 Å². The smallest absolute Gasteiger partial charge is 0.255 e. The zero-order valence-electron chi connectivity index (χ0n) is 18.0. The maximum absolute atomic E-state index is 13.4. The van der Waals surface area contributed by atoms with Crippen LogP contribution in [0, 0.1) is 5.82 Å². The molecule has 4 aromatic rings. The van der Waals surface area contributed by atoms with Crippen LogP contribution in [0.1, 0.15) is 17.3 Å². The van der Waals surface area contributed by atoms with E-state index in [1.165, 1.54) is 12.1 Å². The van der Waals surface area contributed by atoms with Crippen molar-refractivity contribution >= 4 is 5.91 Å². The molecular weight excluding hydrogens is 409 g/mol. The fourth-order valence-corrected chi connectivity index (χ4v) is 3.53. The van der Waals surface area contributed by atoms with Crippen molar-refractivity contribution in [3.8, 4) is 28.4 Å². The average Bonchev–Trinajstić information content (AvgIpc) is 3.40. The lowest BCUT2D eigenvalue weighted by atomic mass is 10.1. The number of hydrogen-bond acceptors (Lipinski definition) is 4. The van der Waals surface area contributed by atoms with Gasteiger partial charge in [-0.05, 0) is 36.8 Å². The highest BCUT2D eigenvalue weighted by Gasteiger charge is 2.19. The number of rotatable bonds is 8. The first-order valence-electron chi connectivity index (χ1n) is 10.4. The topological polar surface area (TPSA) is 74.0 Å². The number of halogens is 1. The Hall–Kier alpha value is -3.94. The quantitative estimate of drug-likeness (QED) is 0.457. The highest BCUT2D eigenvalue weighted by atomic mass is 19.1. The lowest BCUT2D eigenvalue weighted by Crippen LogP contribution is -2.28. The molecule has 0 aliphatic rings. The van der Waals surface area contributed by atoms with Crippen LogP contribution in [0.3, 0.4) is 0 Å². The van der Waals surface area contributed by atoms with Crippen molar-refractivity contribution in [2.45, 2.75) is 13.5 Å². The van der Waals surface area contributed by atoms with E-state index in [9.17, 15) is 9.18 Å². The molecule has 1 N–H and O–H groups in total. The molecule has 2 heterocycles. The fourth-order valence-electron chi connectivity index (χ4n) is 3.53. The van der Waals surface area contributed by atoms with E-state index in [0.717, 1.165) is 22.6 Å². The Morgan fingerprint density at radius 1 is 1.16 bits per heavy atom. The van der Waals surface area contributed by atoms with E-state index in [1.807, 2.05) is 30.8 Å².